The van der Waals surface area contributed by atoms with E-state index in [1.165, 1.54) is 29.8 Å². The molecule has 1 amide bonds. The Balaban J connectivity index is 1.52. The van der Waals surface area contributed by atoms with Crippen LogP contribution in [-0.4, -0.2) is 30.0 Å². The fourth-order valence-electron chi connectivity index (χ4n) is 3.55. The molecule has 5 heteroatoms. The number of hydrogen-bond donors (Lipinski definition) is 1. The number of aromatic nitrogens is 1. The van der Waals surface area contributed by atoms with Crippen LogP contribution in [0.1, 0.15) is 59.5 Å². The Morgan fingerprint density at radius 1 is 1.23 bits per heavy atom. The topological polar surface area (TPSA) is 45.2 Å². The third-order valence-electron chi connectivity index (χ3n) is 4.94. The fourth-order valence-corrected chi connectivity index (χ4v) is 4.70. The van der Waals surface area contributed by atoms with Gasteiger partial charge in [-0.2, -0.15) is 0 Å². The molecule has 1 N–H and O–H groups in total. The molecule has 0 radical (unpaired) electrons. The van der Waals surface area contributed by atoms with E-state index in [0.29, 0.717) is 18.2 Å². The van der Waals surface area contributed by atoms with Crippen molar-refractivity contribution >= 4 is 22.9 Å². The van der Waals surface area contributed by atoms with Crippen LogP contribution in [0.4, 0.5) is 5.69 Å². The molecule has 2 aromatic rings. The van der Waals surface area contributed by atoms with E-state index in [-0.39, 0.29) is 5.91 Å². The first-order valence-electron chi connectivity index (χ1n) is 9.71. The third kappa shape index (κ3) is 4.44. The van der Waals surface area contributed by atoms with E-state index >= 15 is 0 Å². The molecule has 1 aliphatic carbocycles. The summed E-state index contributed by atoms with van der Waals surface area (Å²) in [5.41, 5.74) is 3.17. The summed E-state index contributed by atoms with van der Waals surface area (Å²) >= 11 is 1.83. The Labute approximate surface area is 160 Å². The molecular weight excluding hydrogens is 342 g/mol. The summed E-state index contributed by atoms with van der Waals surface area (Å²) in [6.45, 7) is 8.11. The van der Waals surface area contributed by atoms with Crippen LogP contribution in [0.2, 0.25) is 0 Å². The molecule has 26 heavy (non-hydrogen) atoms. The molecule has 0 bridgehead atoms. The molecule has 0 unspecified atom stereocenters. The zero-order valence-corrected chi connectivity index (χ0v) is 16.9. The molecular formula is C21H29N3OS. The van der Waals surface area contributed by atoms with Gasteiger partial charge in [0.1, 0.15) is 0 Å². The first-order chi connectivity index (χ1) is 12.6. The molecule has 0 spiro atoms. The zero-order valence-electron chi connectivity index (χ0n) is 16.0. The van der Waals surface area contributed by atoms with Crippen LogP contribution in [0.25, 0.3) is 0 Å². The van der Waals surface area contributed by atoms with E-state index in [1.54, 1.807) is 0 Å². The van der Waals surface area contributed by atoms with Gasteiger partial charge in [-0.3, -0.25) is 4.79 Å². The molecule has 1 aromatic heterocycles. The maximum Gasteiger partial charge on any atom is 0.251 e. The number of thiazole rings is 1. The number of amides is 1. The average Bonchev–Trinajstić information content (AvgIpc) is 3.05. The van der Waals surface area contributed by atoms with Crippen molar-refractivity contribution in [2.24, 2.45) is 0 Å². The van der Waals surface area contributed by atoms with Crippen molar-refractivity contribution in [3.63, 3.8) is 0 Å². The summed E-state index contributed by atoms with van der Waals surface area (Å²) < 4.78 is 0. The van der Waals surface area contributed by atoms with Gasteiger partial charge in [0, 0.05) is 41.7 Å². The Morgan fingerprint density at radius 3 is 2.62 bits per heavy atom. The molecule has 0 atom stereocenters. The summed E-state index contributed by atoms with van der Waals surface area (Å²) in [6.07, 6.45) is 5.66. The highest BCUT2D eigenvalue weighted by Gasteiger charge is 2.15. The smallest absolute Gasteiger partial charge is 0.251 e. The predicted molar refractivity (Wildman–Crippen MR) is 109 cm³/mol. The minimum Gasteiger partial charge on any atom is -0.369 e. The molecule has 0 aliphatic heterocycles. The maximum atomic E-state index is 12.4. The Bertz CT molecular complexity index is 713. The second-order valence-electron chi connectivity index (χ2n) is 7.12. The van der Waals surface area contributed by atoms with Crippen molar-refractivity contribution in [1.82, 2.24) is 10.3 Å². The number of carbonyl (C=O) groups excluding carboxylic acids is 1. The molecule has 1 aliphatic rings. The van der Waals surface area contributed by atoms with Crippen LogP contribution < -0.4 is 10.2 Å². The number of rotatable bonds is 7. The predicted octanol–water partition coefficient (Wildman–Crippen LogP) is 4.23. The maximum absolute atomic E-state index is 12.4. The van der Waals surface area contributed by atoms with E-state index in [2.05, 4.69) is 31.0 Å². The largest absolute Gasteiger partial charge is 0.369 e. The van der Waals surface area contributed by atoms with Gasteiger partial charge in [-0.1, -0.05) is 0 Å². The summed E-state index contributed by atoms with van der Waals surface area (Å²) in [6, 6.07) is 8.35. The molecule has 3 rings (SSSR count). The summed E-state index contributed by atoms with van der Waals surface area (Å²) in [7, 11) is 0. The van der Waals surface area contributed by atoms with Crippen molar-refractivity contribution in [2.45, 2.75) is 58.9 Å². The van der Waals surface area contributed by atoms with Gasteiger partial charge in [0.25, 0.3) is 5.91 Å². The Morgan fingerprint density at radius 2 is 1.96 bits per heavy atom. The highest BCUT2D eigenvalue weighted by molar-refractivity contribution is 7.11. The SMILES string of the molecule is CCN(c1ccc(C(=O)NCCc2nc3c(s2)CCCC3)cc1)C(C)C. The van der Waals surface area contributed by atoms with Crippen LogP contribution in [0.3, 0.4) is 0 Å². The molecule has 0 saturated carbocycles. The first kappa shape index (κ1) is 18.9. The molecule has 0 saturated heterocycles. The monoisotopic (exact) mass is 371 g/mol. The quantitative estimate of drug-likeness (QED) is 0.792. The Kier molecular flexibility index (Phi) is 6.30. The minimum absolute atomic E-state index is 0.00883. The van der Waals surface area contributed by atoms with E-state index in [9.17, 15) is 4.79 Å². The van der Waals surface area contributed by atoms with Gasteiger partial charge >= 0.3 is 0 Å². The lowest BCUT2D eigenvalue weighted by atomic mass is 10.0. The highest BCUT2D eigenvalue weighted by Crippen LogP contribution is 2.26. The van der Waals surface area contributed by atoms with Crippen LogP contribution in [0, 0.1) is 0 Å². The number of benzene rings is 1. The highest BCUT2D eigenvalue weighted by atomic mass is 32.1. The van der Waals surface area contributed by atoms with Crippen LogP contribution in [0.15, 0.2) is 24.3 Å². The number of carbonyl (C=O) groups is 1. The van der Waals surface area contributed by atoms with E-state index < -0.39 is 0 Å². The normalized spacial score (nSPS) is 13.5. The van der Waals surface area contributed by atoms with Gasteiger partial charge in [0.05, 0.1) is 10.7 Å². The van der Waals surface area contributed by atoms with E-state index in [4.69, 9.17) is 4.98 Å². The second-order valence-corrected chi connectivity index (χ2v) is 8.29. The van der Waals surface area contributed by atoms with Gasteiger partial charge in [-0.15, -0.1) is 11.3 Å². The van der Waals surface area contributed by atoms with Crippen molar-refractivity contribution in [2.75, 3.05) is 18.0 Å². The lowest BCUT2D eigenvalue weighted by Gasteiger charge is -2.27. The summed E-state index contributed by atoms with van der Waals surface area (Å²) in [4.78, 5) is 20.9. The summed E-state index contributed by atoms with van der Waals surface area (Å²) in [5.74, 6) is -0.00883. The number of hydrogen-bond acceptors (Lipinski definition) is 4. The van der Waals surface area contributed by atoms with Crippen LogP contribution in [0.5, 0.6) is 0 Å². The van der Waals surface area contributed by atoms with Gasteiger partial charge in [-0.05, 0) is 70.7 Å². The van der Waals surface area contributed by atoms with Crippen LogP contribution in [-0.2, 0) is 19.3 Å². The standard InChI is InChI=1S/C21H29N3OS/c1-4-24(15(2)3)17-11-9-16(10-12-17)21(25)22-14-13-20-23-18-7-5-6-8-19(18)26-20/h9-12,15H,4-8,13-14H2,1-3H3,(H,22,25). The number of nitrogens with zero attached hydrogens (tertiary/aromatic N) is 2. The van der Waals surface area contributed by atoms with E-state index in [0.717, 1.165) is 30.1 Å². The van der Waals surface area contributed by atoms with Gasteiger partial charge in [0.15, 0.2) is 0 Å². The number of nitrogens with one attached hydrogen (secondary N) is 1. The number of aryl methyl sites for hydroxylation is 2. The Hall–Kier alpha value is -1.88. The molecule has 1 heterocycles. The number of fused-ring (bicyclic) bond motifs is 1. The first-order valence-corrected chi connectivity index (χ1v) is 10.5. The lowest BCUT2D eigenvalue weighted by Crippen LogP contribution is -2.30. The summed E-state index contributed by atoms with van der Waals surface area (Å²) in [5, 5.41) is 4.18. The minimum atomic E-state index is -0.00883. The third-order valence-corrected chi connectivity index (χ3v) is 6.16. The van der Waals surface area contributed by atoms with Gasteiger partial charge in [0.2, 0.25) is 0 Å². The second kappa shape index (κ2) is 8.67. The lowest BCUT2D eigenvalue weighted by molar-refractivity contribution is 0.0954. The van der Waals surface area contributed by atoms with Crippen molar-refractivity contribution in [3.05, 3.63) is 45.4 Å². The number of anilines is 1. The van der Waals surface area contributed by atoms with Crippen LogP contribution >= 0.6 is 11.3 Å². The molecule has 1 aromatic carbocycles. The van der Waals surface area contributed by atoms with Crippen molar-refractivity contribution in [3.8, 4) is 0 Å². The van der Waals surface area contributed by atoms with Crippen molar-refractivity contribution < 1.29 is 4.79 Å². The molecule has 4 nitrogen and oxygen atoms in total. The van der Waals surface area contributed by atoms with E-state index in [1.807, 2.05) is 35.6 Å². The van der Waals surface area contributed by atoms with Gasteiger partial charge in [-0.25, -0.2) is 4.98 Å². The fraction of sp³-hybridized carbons (Fsp3) is 0.524. The molecule has 0 fully saturated rings. The average molecular weight is 372 g/mol. The zero-order chi connectivity index (χ0) is 18.5. The van der Waals surface area contributed by atoms with Crippen molar-refractivity contribution in [1.29, 1.82) is 0 Å². The molecule has 140 valence electrons. The van der Waals surface area contributed by atoms with Gasteiger partial charge < -0.3 is 10.2 Å².